The molecule has 0 spiro atoms. The molecule has 0 unspecified atom stereocenters. The van der Waals surface area contributed by atoms with Crippen molar-refractivity contribution in [2.45, 2.75) is 13.8 Å². The van der Waals surface area contributed by atoms with E-state index in [1.54, 1.807) is 6.92 Å². The largest absolute Gasteiger partial charge is 0.612 e. The van der Waals surface area contributed by atoms with Crippen LogP contribution in [0.1, 0.15) is 11.9 Å². The number of thiazole rings is 1. The van der Waals surface area contributed by atoms with Crippen molar-refractivity contribution in [3.05, 3.63) is 38.7 Å². The number of hydrogen-bond donors (Lipinski definition) is 0. The summed E-state index contributed by atoms with van der Waals surface area (Å²) in [5.41, 5.74) is 2.27. The smallest absolute Gasteiger partial charge is 0.104 e. The second kappa shape index (κ2) is 6.24. The average molecular weight is 291 g/mol. The molecule has 2 rings (SSSR count). The lowest BCUT2D eigenvalue weighted by molar-refractivity contribution is -0.291. The van der Waals surface area contributed by atoms with Gasteiger partial charge < -0.3 is 14.7 Å². The van der Waals surface area contributed by atoms with E-state index in [1.807, 2.05) is 33.2 Å². The number of hydrogen-bond acceptors (Lipinski definition) is 5. The third-order valence-electron chi connectivity index (χ3n) is 2.84. The Balaban J connectivity index is 2.63. The molecule has 1 aliphatic rings. The van der Waals surface area contributed by atoms with Crippen molar-refractivity contribution in [3.8, 4) is 0 Å². The van der Waals surface area contributed by atoms with E-state index in [1.165, 1.54) is 16.9 Å². The second-order valence-corrected chi connectivity index (χ2v) is 6.04. The summed E-state index contributed by atoms with van der Waals surface area (Å²) < 4.78 is 6.00. The predicted molar refractivity (Wildman–Crippen MR) is 80.3 cm³/mol. The first-order chi connectivity index (χ1) is 9.52. The fraction of sp³-hybridized carbons (Fsp3) is 0.400. The minimum absolute atomic E-state index is 0.344. The van der Waals surface area contributed by atoms with Gasteiger partial charge in [0.05, 0.1) is 15.5 Å². The van der Waals surface area contributed by atoms with E-state index in [0.717, 1.165) is 21.7 Å². The SMILES string of the molecule is CCO/C([O-])=c1\nc(C)s\c1=C1/C=CC=C1CN(C)C. The van der Waals surface area contributed by atoms with Crippen molar-refractivity contribution in [1.29, 1.82) is 0 Å². The molecular weight excluding hydrogens is 272 g/mol. The van der Waals surface area contributed by atoms with E-state index < -0.39 is 0 Å². The summed E-state index contributed by atoms with van der Waals surface area (Å²) >= 11 is 1.54. The first-order valence-electron chi connectivity index (χ1n) is 6.57. The van der Waals surface area contributed by atoms with Gasteiger partial charge in [0, 0.05) is 6.54 Å². The minimum atomic E-state index is -0.344. The Morgan fingerprint density at radius 1 is 1.45 bits per heavy atom. The van der Waals surface area contributed by atoms with Gasteiger partial charge in [-0.05, 0) is 38.8 Å². The monoisotopic (exact) mass is 291 g/mol. The van der Waals surface area contributed by atoms with Gasteiger partial charge in [-0.25, -0.2) is 4.98 Å². The molecule has 20 heavy (non-hydrogen) atoms. The van der Waals surface area contributed by atoms with Crippen LogP contribution in [0.3, 0.4) is 0 Å². The maximum atomic E-state index is 12.0. The van der Waals surface area contributed by atoms with Crippen LogP contribution in [0.15, 0.2) is 23.8 Å². The van der Waals surface area contributed by atoms with E-state index in [-0.39, 0.29) is 5.95 Å². The summed E-state index contributed by atoms with van der Waals surface area (Å²) in [4.78, 5) is 6.44. The zero-order valence-electron chi connectivity index (χ0n) is 12.3. The molecule has 108 valence electrons. The molecule has 0 amide bonds. The highest BCUT2D eigenvalue weighted by Gasteiger charge is 2.11. The Bertz CT molecular complexity index is 669. The van der Waals surface area contributed by atoms with Gasteiger partial charge in [-0.15, -0.1) is 11.3 Å². The van der Waals surface area contributed by atoms with Crippen LogP contribution in [0.5, 0.6) is 0 Å². The molecule has 1 aliphatic carbocycles. The van der Waals surface area contributed by atoms with Crippen molar-refractivity contribution in [2.24, 2.45) is 0 Å². The van der Waals surface area contributed by atoms with Crippen molar-refractivity contribution < 1.29 is 9.84 Å². The lowest BCUT2D eigenvalue weighted by atomic mass is 10.1. The third-order valence-corrected chi connectivity index (χ3v) is 3.84. The van der Waals surface area contributed by atoms with Crippen molar-refractivity contribution >= 4 is 22.9 Å². The quantitative estimate of drug-likeness (QED) is 0.791. The number of nitrogens with zero attached hydrogens (tertiary/aromatic N) is 2. The number of allylic oxidation sites excluding steroid dienone is 3. The van der Waals surface area contributed by atoms with Gasteiger partial charge in [0.15, 0.2) is 0 Å². The Hall–Kier alpha value is -1.59. The van der Waals surface area contributed by atoms with E-state index in [4.69, 9.17) is 4.74 Å². The Labute approximate surface area is 123 Å². The fourth-order valence-corrected chi connectivity index (χ4v) is 3.07. The van der Waals surface area contributed by atoms with E-state index >= 15 is 0 Å². The summed E-state index contributed by atoms with van der Waals surface area (Å²) in [6, 6.07) is 0. The summed E-state index contributed by atoms with van der Waals surface area (Å²) in [6.45, 7) is 4.91. The van der Waals surface area contributed by atoms with Gasteiger partial charge >= 0.3 is 0 Å². The van der Waals surface area contributed by atoms with E-state index in [0.29, 0.717) is 12.0 Å². The minimum Gasteiger partial charge on any atom is -0.612 e. The Morgan fingerprint density at radius 3 is 2.85 bits per heavy atom. The Kier molecular flexibility index (Phi) is 4.62. The second-order valence-electron chi connectivity index (χ2n) is 4.83. The van der Waals surface area contributed by atoms with Gasteiger partial charge in [0.1, 0.15) is 5.35 Å². The number of likely N-dealkylation sites (N-methyl/N-ethyl adjacent to an activating group) is 1. The summed E-state index contributed by atoms with van der Waals surface area (Å²) in [6.07, 6.45) is 6.13. The highest BCUT2D eigenvalue weighted by Crippen LogP contribution is 2.19. The number of ether oxygens (including phenoxy) is 1. The highest BCUT2D eigenvalue weighted by molar-refractivity contribution is 7.09. The van der Waals surface area contributed by atoms with Crippen molar-refractivity contribution in [1.82, 2.24) is 9.88 Å². The van der Waals surface area contributed by atoms with Crippen LogP contribution in [-0.2, 0) is 4.74 Å². The molecule has 0 aromatic carbocycles. The molecule has 0 saturated heterocycles. The average Bonchev–Trinajstić information content (AvgIpc) is 2.95. The van der Waals surface area contributed by atoms with Crippen LogP contribution in [-0.4, -0.2) is 37.1 Å². The molecule has 4 nitrogen and oxygen atoms in total. The summed E-state index contributed by atoms with van der Waals surface area (Å²) in [5, 5.41) is 13.3. The van der Waals surface area contributed by atoms with Gasteiger partial charge in [-0.2, -0.15) is 0 Å². The van der Waals surface area contributed by atoms with E-state index in [2.05, 4.69) is 16.0 Å². The molecule has 0 bridgehead atoms. The van der Waals surface area contributed by atoms with Gasteiger partial charge in [0.2, 0.25) is 0 Å². The van der Waals surface area contributed by atoms with Crippen LogP contribution in [0.4, 0.5) is 0 Å². The molecule has 0 aliphatic heterocycles. The molecule has 1 heterocycles. The molecule has 0 saturated carbocycles. The first kappa shape index (κ1) is 14.8. The lowest BCUT2D eigenvalue weighted by Crippen LogP contribution is -2.32. The van der Waals surface area contributed by atoms with Crippen LogP contribution >= 0.6 is 11.3 Å². The normalized spacial score (nSPS) is 18.6. The molecule has 0 radical (unpaired) electrons. The molecular formula is C15H19N2O2S-. The van der Waals surface area contributed by atoms with Crippen LogP contribution < -0.4 is 15.0 Å². The zero-order chi connectivity index (χ0) is 14.7. The maximum absolute atomic E-state index is 12.0. The maximum Gasteiger partial charge on any atom is 0.104 e. The first-order valence-corrected chi connectivity index (χ1v) is 7.38. The van der Waals surface area contributed by atoms with E-state index in [9.17, 15) is 5.11 Å². The lowest BCUT2D eigenvalue weighted by Gasteiger charge is -2.13. The van der Waals surface area contributed by atoms with Crippen molar-refractivity contribution in [3.63, 3.8) is 0 Å². The zero-order valence-corrected chi connectivity index (χ0v) is 13.1. The molecule has 1 aromatic heterocycles. The number of aromatic nitrogens is 1. The van der Waals surface area contributed by atoms with Crippen LogP contribution in [0.2, 0.25) is 0 Å². The highest BCUT2D eigenvalue weighted by atomic mass is 32.1. The molecule has 1 aromatic rings. The number of rotatable bonds is 4. The fourth-order valence-electron chi connectivity index (χ4n) is 2.10. The topological polar surface area (TPSA) is 48.4 Å². The molecule has 5 heteroatoms. The summed E-state index contributed by atoms with van der Waals surface area (Å²) in [5.74, 6) is -0.344. The number of aryl methyl sites for hydroxylation is 1. The summed E-state index contributed by atoms with van der Waals surface area (Å²) in [7, 11) is 4.06. The van der Waals surface area contributed by atoms with Crippen LogP contribution in [0, 0.1) is 6.92 Å². The Morgan fingerprint density at radius 2 is 2.20 bits per heavy atom. The molecule has 0 fully saturated rings. The standard InChI is InChI=1S/C15H20N2O2S/c1-5-19-15(18)13-14(20-10(2)16-13)12-8-6-7-11(12)9-17(3)4/h6-8,18H,5,9H2,1-4H3/p-1/b14-12+,15-13-. The molecule has 0 atom stereocenters. The van der Waals surface area contributed by atoms with Crippen molar-refractivity contribution in [2.75, 3.05) is 27.2 Å². The third kappa shape index (κ3) is 3.11. The van der Waals surface area contributed by atoms with Gasteiger partial charge in [-0.1, -0.05) is 25.2 Å². The van der Waals surface area contributed by atoms with Crippen LogP contribution in [0.25, 0.3) is 11.5 Å². The van der Waals surface area contributed by atoms with Gasteiger partial charge in [-0.3, -0.25) is 0 Å². The molecule has 0 N–H and O–H groups in total. The predicted octanol–water partition coefficient (Wildman–Crippen LogP) is 0.123. The van der Waals surface area contributed by atoms with Gasteiger partial charge in [0.25, 0.3) is 0 Å².